The minimum atomic E-state index is -0.530. The summed E-state index contributed by atoms with van der Waals surface area (Å²) in [6, 6.07) is 11.2. The molecule has 1 aliphatic heterocycles. The van der Waals surface area contributed by atoms with Crippen molar-refractivity contribution >= 4 is 29.9 Å². The van der Waals surface area contributed by atoms with E-state index in [1.54, 1.807) is 12.1 Å². The average Bonchev–Trinajstić information content (AvgIpc) is 2.79. The van der Waals surface area contributed by atoms with Gasteiger partial charge in [0.05, 0.1) is 11.2 Å². The van der Waals surface area contributed by atoms with Crippen LogP contribution in [-0.2, 0) is 14.1 Å². The molecule has 1 saturated heterocycles. The van der Waals surface area contributed by atoms with Crippen molar-refractivity contribution in [1.82, 2.24) is 5.32 Å². The van der Waals surface area contributed by atoms with Gasteiger partial charge in [0.15, 0.2) is 0 Å². The number of carbonyl (C=O) groups excluding carboxylic acids is 1. The van der Waals surface area contributed by atoms with E-state index in [0.717, 1.165) is 21.8 Å². The molecule has 6 heteroatoms. The van der Waals surface area contributed by atoms with Crippen LogP contribution in [0, 0.1) is 0 Å². The lowest BCUT2D eigenvalue weighted by molar-refractivity contribution is -0.118. The Morgan fingerprint density at radius 2 is 1.67 bits per heavy atom. The van der Waals surface area contributed by atoms with Crippen LogP contribution >= 0.6 is 0 Å². The quantitative estimate of drug-likeness (QED) is 0.809. The Balaban J connectivity index is 1.95. The first kappa shape index (κ1) is 19.5. The summed E-state index contributed by atoms with van der Waals surface area (Å²) in [6.07, 6.45) is 1.99. The first-order valence-electron chi connectivity index (χ1n) is 9.11. The molecule has 0 bridgehead atoms. The largest absolute Gasteiger partial charge is 0.508 e. The first-order valence-corrected chi connectivity index (χ1v) is 9.11. The number of nitrogens with one attached hydrogen (secondary N) is 1. The maximum Gasteiger partial charge on any atom is 0.492 e. The van der Waals surface area contributed by atoms with E-state index in [2.05, 4.69) is 5.32 Å². The molecular weight excluding hydrogens is 341 g/mol. The van der Waals surface area contributed by atoms with Crippen molar-refractivity contribution in [2.45, 2.75) is 45.8 Å². The van der Waals surface area contributed by atoms with Crippen LogP contribution in [0.2, 0.25) is 0 Å². The molecule has 2 aromatic rings. The number of carbonyl (C=O) groups is 1. The highest BCUT2D eigenvalue weighted by atomic mass is 16.7. The highest BCUT2D eigenvalue weighted by Crippen LogP contribution is 2.38. The summed E-state index contributed by atoms with van der Waals surface area (Å²) < 4.78 is 12.3. The van der Waals surface area contributed by atoms with Crippen molar-refractivity contribution in [3.05, 3.63) is 47.4 Å². The molecule has 1 aliphatic rings. The number of phenols is 1. The molecule has 2 N–H and O–H groups in total. The molecule has 1 fully saturated rings. The number of phenolic OH excluding ortho intramolecular Hbond substituents is 1. The van der Waals surface area contributed by atoms with E-state index in [1.807, 2.05) is 58.0 Å². The highest BCUT2D eigenvalue weighted by molar-refractivity contribution is 6.56. The Bertz CT molecular complexity index is 888. The van der Waals surface area contributed by atoms with Gasteiger partial charge in [-0.05, 0) is 67.7 Å². The zero-order valence-corrected chi connectivity index (χ0v) is 16.5. The summed E-state index contributed by atoms with van der Waals surface area (Å²) in [6.45, 7) is 9.86. The van der Waals surface area contributed by atoms with Crippen LogP contribution in [0.5, 0.6) is 5.75 Å². The lowest BCUT2D eigenvalue weighted by Gasteiger charge is -2.32. The van der Waals surface area contributed by atoms with Gasteiger partial charge < -0.3 is 19.7 Å². The van der Waals surface area contributed by atoms with Crippen LogP contribution < -0.4 is 5.32 Å². The molecule has 0 saturated carbocycles. The molecule has 1 amide bonds. The summed E-state index contributed by atoms with van der Waals surface area (Å²) >= 11 is 0. The fourth-order valence-corrected chi connectivity index (χ4v) is 2.98. The Kier molecular flexibility index (Phi) is 5.06. The molecule has 0 aliphatic carbocycles. The molecule has 27 heavy (non-hydrogen) atoms. The molecular formula is C21H26BNO4. The molecule has 5 nitrogen and oxygen atoms in total. The minimum absolute atomic E-state index is 0.105. The van der Waals surface area contributed by atoms with E-state index in [-0.39, 0.29) is 11.7 Å². The smallest absolute Gasteiger partial charge is 0.492 e. The molecule has 2 aromatic carbocycles. The summed E-state index contributed by atoms with van der Waals surface area (Å²) in [5, 5.41) is 14.5. The lowest BCUT2D eigenvalue weighted by Crippen LogP contribution is -2.41. The molecule has 0 radical (unpaired) electrons. The van der Waals surface area contributed by atoms with Crippen LogP contribution in [0.15, 0.2) is 41.9 Å². The van der Waals surface area contributed by atoms with Crippen LogP contribution in [0.1, 0.15) is 40.2 Å². The van der Waals surface area contributed by atoms with Gasteiger partial charge in [0.2, 0.25) is 5.91 Å². The standard InChI is InChI=1S/C21H26BNO4/c1-14(24)23-13-18(22-26-20(2,3)21(4,5)27-22)11-15-6-7-17-12-19(25)9-8-16(17)10-15/h6-12,25H,13H2,1-5H3,(H,23,24). The van der Waals surface area contributed by atoms with E-state index in [9.17, 15) is 9.90 Å². The fourth-order valence-electron chi connectivity index (χ4n) is 2.98. The minimum Gasteiger partial charge on any atom is -0.508 e. The van der Waals surface area contributed by atoms with E-state index >= 15 is 0 Å². The van der Waals surface area contributed by atoms with Gasteiger partial charge >= 0.3 is 7.12 Å². The van der Waals surface area contributed by atoms with Crippen molar-refractivity contribution in [1.29, 1.82) is 0 Å². The third kappa shape index (κ3) is 4.17. The number of benzene rings is 2. The molecule has 0 aromatic heterocycles. The fraction of sp³-hybridized carbons (Fsp3) is 0.381. The molecule has 0 atom stereocenters. The topological polar surface area (TPSA) is 67.8 Å². The number of amides is 1. The second-order valence-corrected chi connectivity index (χ2v) is 8.01. The third-order valence-corrected chi connectivity index (χ3v) is 5.30. The Hall–Kier alpha value is -2.31. The van der Waals surface area contributed by atoms with Gasteiger partial charge in [-0.25, -0.2) is 0 Å². The highest BCUT2D eigenvalue weighted by Gasteiger charge is 2.52. The normalized spacial score (nSPS) is 18.7. The van der Waals surface area contributed by atoms with E-state index < -0.39 is 18.3 Å². The van der Waals surface area contributed by atoms with Crippen molar-refractivity contribution < 1.29 is 19.2 Å². The first-order chi connectivity index (χ1) is 12.6. The second kappa shape index (κ2) is 7.02. The van der Waals surface area contributed by atoms with Crippen molar-refractivity contribution in [2.75, 3.05) is 6.54 Å². The monoisotopic (exact) mass is 367 g/mol. The Morgan fingerprint density at radius 1 is 1.07 bits per heavy atom. The zero-order valence-electron chi connectivity index (χ0n) is 16.5. The van der Waals surface area contributed by atoms with Gasteiger partial charge in [0, 0.05) is 13.5 Å². The SMILES string of the molecule is CC(=O)NCC(=Cc1ccc2cc(O)ccc2c1)B1OC(C)(C)C(C)(C)O1. The van der Waals surface area contributed by atoms with E-state index in [4.69, 9.17) is 9.31 Å². The van der Waals surface area contributed by atoms with Gasteiger partial charge in [-0.15, -0.1) is 0 Å². The molecule has 142 valence electrons. The number of hydrogen-bond donors (Lipinski definition) is 2. The summed E-state index contributed by atoms with van der Waals surface area (Å²) in [5.74, 6) is 0.140. The van der Waals surface area contributed by atoms with Gasteiger partial charge in [0.1, 0.15) is 5.75 Å². The number of rotatable bonds is 4. The van der Waals surface area contributed by atoms with E-state index in [1.165, 1.54) is 6.92 Å². The number of hydrogen-bond acceptors (Lipinski definition) is 4. The average molecular weight is 367 g/mol. The van der Waals surface area contributed by atoms with Gasteiger partial charge in [-0.1, -0.05) is 24.3 Å². The van der Waals surface area contributed by atoms with Gasteiger partial charge in [0.25, 0.3) is 0 Å². The summed E-state index contributed by atoms with van der Waals surface area (Å²) in [5.41, 5.74) is 0.923. The molecule has 0 spiro atoms. The van der Waals surface area contributed by atoms with Crippen molar-refractivity contribution in [3.63, 3.8) is 0 Å². The molecule has 0 unspecified atom stereocenters. The van der Waals surface area contributed by atoms with Crippen LogP contribution in [0.25, 0.3) is 16.8 Å². The number of fused-ring (bicyclic) bond motifs is 1. The van der Waals surface area contributed by atoms with Gasteiger partial charge in [-0.2, -0.15) is 0 Å². The third-order valence-electron chi connectivity index (χ3n) is 5.30. The zero-order chi connectivity index (χ0) is 19.8. The predicted molar refractivity (Wildman–Crippen MR) is 108 cm³/mol. The van der Waals surface area contributed by atoms with Crippen molar-refractivity contribution in [2.24, 2.45) is 0 Å². The second-order valence-electron chi connectivity index (χ2n) is 8.01. The summed E-state index contributed by atoms with van der Waals surface area (Å²) in [4.78, 5) is 11.4. The molecule has 3 rings (SSSR count). The van der Waals surface area contributed by atoms with Crippen LogP contribution in [0.4, 0.5) is 0 Å². The van der Waals surface area contributed by atoms with Gasteiger partial charge in [-0.3, -0.25) is 4.79 Å². The predicted octanol–water partition coefficient (Wildman–Crippen LogP) is 3.70. The van der Waals surface area contributed by atoms with Crippen LogP contribution in [-0.4, -0.2) is 35.9 Å². The Labute approximate surface area is 160 Å². The molecule has 1 heterocycles. The summed E-state index contributed by atoms with van der Waals surface area (Å²) in [7, 11) is -0.530. The maximum absolute atomic E-state index is 11.4. The van der Waals surface area contributed by atoms with Crippen LogP contribution in [0.3, 0.4) is 0 Å². The van der Waals surface area contributed by atoms with Crippen molar-refractivity contribution in [3.8, 4) is 5.75 Å². The van der Waals surface area contributed by atoms with E-state index in [0.29, 0.717) is 6.54 Å². The maximum atomic E-state index is 11.4. The Morgan fingerprint density at radius 3 is 2.30 bits per heavy atom. The number of aromatic hydroxyl groups is 1. The lowest BCUT2D eigenvalue weighted by atomic mass is 9.77.